The second kappa shape index (κ2) is 8.23. The lowest BCUT2D eigenvalue weighted by Crippen LogP contribution is -2.15. The van der Waals surface area contributed by atoms with E-state index in [0.717, 1.165) is 18.2 Å². The highest BCUT2D eigenvalue weighted by molar-refractivity contribution is 7.16. The number of thiazole rings is 1. The molecule has 142 valence electrons. The summed E-state index contributed by atoms with van der Waals surface area (Å²) in [6.45, 7) is 2.79. The summed E-state index contributed by atoms with van der Waals surface area (Å²) in [4.78, 5) is 16.8. The van der Waals surface area contributed by atoms with Gasteiger partial charge in [0, 0.05) is 31.1 Å². The predicted molar refractivity (Wildman–Crippen MR) is 98.5 cm³/mol. The van der Waals surface area contributed by atoms with Crippen molar-refractivity contribution in [3.8, 4) is 0 Å². The molecule has 1 amide bonds. The number of aryl methyl sites for hydroxylation is 1. The lowest BCUT2D eigenvalue weighted by atomic mass is 10.3. The Morgan fingerprint density at radius 2 is 2.04 bits per heavy atom. The molecule has 2 aromatic heterocycles. The molecule has 1 aromatic carbocycles. The van der Waals surface area contributed by atoms with Crippen LogP contribution in [-0.2, 0) is 11.3 Å². The Kier molecular flexibility index (Phi) is 5.77. The van der Waals surface area contributed by atoms with Crippen LogP contribution in [0.4, 0.5) is 25.3 Å². The number of ether oxygens (including phenoxy) is 1. The molecule has 0 saturated carbocycles. The average molecular weight is 393 g/mol. The molecule has 0 spiro atoms. The topological polar surface area (TPSA) is 81.1 Å². The molecule has 0 unspecified atom stereocenters. The minimum absolute atomic E-state index is 0.119. The van der Waals surface area contributed by atoms with E-state index in [4.69, 9.17) is 4.74 Å². The van der Waals surface area contributed by atoms with Crippen molar-refractivity contribution in [1.29, 1.82) is 0 Å². The minimum atomic E-state index is -0.716. The molecule has 0 bridgehead atoms. The first-order valence-electron chi connectivity index (χ1n) is 7.99. The molecule has 0 fully saturated rings. The molecule has 3 rings (SSSR count). The first kappa shape index (κ1) is 18.9. The van der Waals surface area contributed by atoms with Crippen molar-refractivity contribution in [2.24, 2.45) is 0 Å². The molecule has 0 atom stereocenters. The summed E-state index contributed by atoms with van der Waals surface area (Å²) in [6.07, 6.45) is 1.72. The summed E-state index contributed by atoms with van der Waals surface area (Å²) < 4.78 is 33.4. The number of aromatic nitrogens is 3. The van der Waals surface area contributed by atoms with Gasteiger partial charge in [-0.3, -0.25) is 9.48 Å². The summed E-state index contributed by atoms with van der Waals surface area (Å²) in [5.41, 5.74) is 0.308. The molecule has 0 aliphatic heterocycles. The van der Waals surface area contributed by atoms with Gasteiger partial charge in [-0.15, -0.1) is 11.3 Å². The average Bonchev–Trinajstić information content (AvgIpc) is 3.18. The molecule has 10 heteroatoms. The van der Waals surface area contributed by atoms with Crippen molar-refractivity contribution in [2.75, 3.05) is 24.4 Å². The molecule has 0 aliphatic carbocycles. The Labute approximate surface area is 158 Å². The third kappa shape index (κ3) is 4.86. The number of nitrogens with zero attached hydrogens (tertiary/aromatic N) is 3. The van der Waals surface area contributed by atoms with Gasteiger partial charge in [0.2, 0.25) is 0 Å². The van der Waals surface area contributed by atoms with Gasteiger partial charge in [0.1, 0.15) is 16.6 Å². The highest BCUT2D eigenvalue weighted by Gasteiger charge is 2.19. The number of anilines is 3. The van der Waals surface area contributed by atoms with Crippen molar-refractivity contribution < 1.29 is 18.3 Å². The molecule has 3 aromatic rings. The van der Waals surface area contributed by atoms with Gasteiger partial charge in [-0.2, -0.15) is 5.10 Å². The van der Waals surface area contributed by atoms with Crippen molar-refractivity contribution in [1.82, 2.24) is 14.8 Å². The quantitative estimate of drug-likeness (QED) is 0.641. The standard InChI is InChI=1S/C17H17F2N5O2S/c1-10-20-15(16(25)22-14-3-4-24(23-14)5-6-26-2)17(27-10)21-13-8-11(18)7-12(19)9-13/h3-4,7-9,21H,5-6H2,1-2H3,(H,22,23,25). The van der Waals surface area contributed by atoms with Crippen LogP contribution in [0.2, 0.25) is 0 Å². The van der Waals surface area contributed by atoms with Gasteiger partial charge in [-0.25, -0.2) is 13.8 Å². The van der Waals surface area contributed by atoms with E-state index < -0.39 is 17.5 Å². The van der Waals surface area contributed by atoms with Gasteiger partial charge in [-0.05, 0) is 19.1 Å². The number of benzene rings is 1. The van der Waals surface area contributed by atoms with Crippen LogP contribution in [-0.4, -0.2) is 34.4 Å². The van der Waals surface area contributed by atoms with E-state index in [0.29, 0.717) is 29.0 Å². The number of carbonyl (C=O) groups excluding carboxylic acids is 1. The fourth-order valence-electron chi connectivity index (χ4n) is 2.34. The zero-order valence-electron chi connectivity index (χ0n) is 14.6. The Balaban J connectivity index is 1.76. The zero-order chi connectivity index (χ0) is 19.4. The van der Waals surface area contributed by atoms with Gasteiger partial charge in [-0.1, -0.05) is 0 Å². The van der Waals surface area contributed by atoms with E-state index in [1.807, 2.05) is 0 Å². The molecular weight excluding hydrogens is 376 g/mol. The lowest BCUT2D eigenvalue weighted by Gasteiger charge is -2.07. The SMILES string of the molecule is COCCn1ccc(NC(=O)c2nc(C)sc2Nc2cc(F)cc(F)c2)n1. The highest BCUT2D eigenvalue weighted by atomic mass is 32.1. The normalized spacial score (nSPS) is 10.8. The predicted octanol–water partition coefficient (Wildman–Crippen LogP) is 3.57. The number of hydrogen-bond donors (Lipinski definition) is 2. The fourth-order valence-corrected chi connectivity index (χ4v) is 3.17. The van der Waals surface area contributed by atoms with E-state index in [1.54, 1.807) is 31.0 Å². The Hall–Kier alpha value is -2.85. The second-order valence-electron chi connectivity index (χ2n) is 5.60. The van der Waals surface area contributed by atoms with Gasteiger partial charge >= 0.3 is 0 Å². The first-order valence-corrected chi connectivity index (χ1v) is 8.80. The number of rotatable bonds is 7. The van der Waals surface area contributed by atoms with Gasteiger partial charge in [0.05, 0.1) is 18.2 Å². The van der Waals surface area contributed by atoms with Crippen LogP contribution < -0.4 is 10.6 Å². The Morgan fingerprint density at radius 3 is 2.74 bits per heavy atom. The molecule has 27 heavy (non-hydrogen) atoms. The van der Waals surface area contributed by atoms with Crippen molar-refractivity contribution >= 4 is 33.8 Å². The van der Waals surface area contributed by atoms with Gasteiger partial charge in [0.15, 0.2) is 11.5 Å². The number of amides is 1. The maximum absolute atomic E-state index is 13.4. The van der Waals surface area contributed by atoms with Crippen LogP contribution in [0.25, 0.3) is 0 Å². The third-order valence-electron chi connectivity index (χ3n) is 3.48. The van der Waals surface area contributed by atoms with Gasteiger partial charge in [0.25, 0.3) is 5.91 Å². The second-order valence-corrected chi connectivity index (χ2v) is 6.81. The molecule has 2 heterocycles. The minimum Gasteiger partial charge on any atom is -0.383 e. The summed E-state index contributed by atoms with van der Waals surface area (Å²) >= 11 is 1.21. The van der Waals surface area contributed by atoms with E-state index in [1.165, 1.54) is 11.3 Å². The molecular formula is C17H17F2N5O2S. The number of hydrogen-bond acceptors (Lipinski definition) is 6. The Morgan fingerprint density at radius 1 is 1.30 bits per heavy atom. The summed E-state index contributed by atoms with van der Waals surface area (Å²) in [6, 6.07) is 4.70. The monoisotopic (exact) mass is 393 g/mol. The van der Waals surface area contributed by atoms with Crippen molar-refractivity contribution in [2.45, 2.75) is 13.5 Å². The Bertz CT molecular complexity index is 936. The number of halogens is 2. The fraction of sp³-hybridized carbons (Fsp3) is 0.235. The van der Waals surface area contributed by atoms with Crippen LogP contribution in [0.5, 0.6) is 0 Å². The number of nitrogens with one attached hydrogen (secondary N) is 2. The largest absolute Gasteiger partial charge is 0.383 e. The summed E-state index contributed by atoms with van der Waals surface area (Å²) in [5.74, 6) is -1.54. The smallest absolute Gasteiger partial charge is 0.278 e. The van der Waals surface area contributed by atoms with Gasteiger partial charge < -0.3 is 15.4 Å². The number of methoxy groups -OCH3 is 1. The van der Waals surface area contributed by atoms with Crippen LogP contribution in [0, 0.1) is 18.6 Å². The maximum atomic E-state index is 13.4. The van der Waals surface area contributed by atoms with Crippen LogP contribution in [0.15, 0.2) is 30.5 Å². The van der Waals surface area contributed by atoms with E-state index in [9.17, 15) is 13.6 Å². The molecule has 0 radical (unpaired) electrons. The van der Waals surface area contributed by atoms with Crippen molar-refractivity contribution in [3.05, 3.63) is 52.8 Å². The van der Waals surface area contributed by atoms with Crippen LogP contribution in [0.1, 0.15) is 15.5 Å². The first-order chi connectivity index (χ1) is 12.9. The molecule has 0 aliphatic rings. The van der Waals surface area contributed by atoms with E-state index in [2.05, 4.69) is 20.7 Å². The summed E-state index contributed by atoms with van der Waals surface area (Å²) in [7, 11) is 1.59. The summed E-state index contributed by atoms with van der Waals surface area (Å²) in [5, 5.41) is 10.7. The zero-order valence-corrected chi connectivity index (χ0v) is 15.4. The van der Waals surface area contributed by atoms with Crippen LogP contribution in [0.3, 0.4) is 0 Å². The third-order valence-corrected chi connectivity index (χ3v) is 4.36. The van der Waals surface area contributed by atoms with E-state index >= 15 is 0 Å². The lowest BCUT2D eigenvalue weighted by molar-refractivity contribution is 0.102. The van der Waals surface area contributed by atoms with Crippen LogP contribution >= 0.6 is 11.3 Å². The molecule has 2 N–H and O–H groups in total. The van der Waals surface area contributed by atoms with Crippen molar-refractivity contribution in [3.63, 3.8) is 0 Å². The molecule has 0 saturated heterocycles. The molecule has 7 nitrogen and oxygen atoms in total. The number of carbonyl (C=O) groups is 1. The highest BCUT2D eigenvalue weighted by Crippen LogP contribution is 2.29. The maximum Gasteiger partial charge on any atom is 0.278 e. The van der Waals surface area contributed by atoms with E-state index in [-0.39, 0.29) is 11.4 Å².